The lowest BCUT2D eigenvalue weighted by Gasteiger charge is -2.28. The first kappa shape index (κ1) is 30.2. The third kappa shape index (κ3) is 7.05. The average molecular weight is 541 g/mol. The van der Waals surface area contributed by atoms with Crippen molar-refractivity contribution in [1.29, 1.82) is 5.41 Å². The van der Waals surface area contributed by atoms with Gasteiger partial charge in [-0.3, -0.25) is 20.0 Å². The van der Waals surface area contributed by atoms with Crippen molar-refractivity contribution in [2.75, 3.05) is 29.4 Å². The number of allylic oxidation sites excluding steroid dienone is 1. The summed E-state index contributed by atoms with van der Waals surface area (Å²) in [5, 5.41) is 16.9. The number of aliphatic hydroxyl groups is 1. The summed E-state index contributed by atoms with van der Waals surface area (Å²) in [6.07, 6.45) is 0.464. The molecular formula is C25H31F3N4O6. The Morgan fingerprint density at radius 3 is 2.47 bits per heavy atom. The lowest BCUT2D eigenvalue weighted by molar-refractivity contribution is -0.114. The molecule has 2 N–H and O–H groups in total. The van der Waals surface area contributed by atoms with E-state index in [1.807, 2.05) is 13.8 Å². The molecule has 0 bridgehead atoms. The van der Waals surface area contributed by atoms with Gasteiger partial charge < -0.3 is 19.5 Å². The summed E-state index contributed by atoms with van der Waals surface area (Å²) in [5.74, 6) is -4.94. The van der Waals surface area contributed by atoms with E-state index in [4.69, 9.17) is 20.0 Å². The van der Waals surface area contributed by atoms with Crippen molar-refractivity contribution in [1.82, 2.24) is 4.90 Å². The number of rotatable bonds is 5. The van der Waals surface area contributed by atoms with Gasteiger partial charge in [-0.2, -0.15) is 0 Å². The maximum Gasteiger partial charge on any atom is 0.416 e. The van der Waals surface area contributed by atoms with Gasteiger partial charge in [-0.05, 0) is 26.8 Å². The molecule has 0 saturated carbocycles. The number of ether oxygens (including phenoxy) is 2. The number of aliphatic hydroxyl groups excluding tert-OH is 1. The van der Waals surface area contributed by atoms with Crippen molar-refractivity contribution in [3.63, 3.8) is 0 Å². The molecule has 2 aliphatic heterocycles. The normalized spacial score (nSPS) is 17.3. The number of hydrogen-bond donors (Lipinski definition) is 2. The van der Waals surface area contributed by atoms with Crippen LogP contribution in [0.4, 0.5) is 34.1 Å². The van der Waals surface area contributed by atoms with Crippen LogP contribution < -0.4 is 9.80 Å². The molecule has 208 valence electrons. The largest absolute Gasteiger partial charge is 0.515 e. The minimum atomic E-state index is -1.55. The summed E-state index contributed by atoms with van der Waals surface area (Å²) >= 11 is 0. The fraction of sp³-hybridized carbons (Fsp3) is 0.440. The second-order valence-electron chi connectivity index (χ2n) is 8.99. The zero-order chi connectivity index (χ0) is 28.8. The number of anilines is 2. The molecule has 13 heteroatoms. The number of nitrogens with one attached hydrogen (secondary N) is 1. The number of ketones is 1. The second-order valence-corrected chi connectivity index (χ2v) is 8.99. The van der Waals surface area contributed by atoms with E-state index < -0.39 is 71.6 Å². The number of carbonyl (C=O) groups excluding carboxylic acids is 3. The molecule has 10 nitrogen and oxygen atoms in total. The molecule has 1 fully saturated rings. The maximum absolute atomic E-state index is 15.0. The molecule has 0 aliphatic carbocycles. The van der Waals surface area contributed by atoms with Gasteiger partial charge in [0.25, 0.3) is 0 Å². The number of hydrogen-bond acceptors (Lipinski definition) is 8. The first-order valence-corrected chi connectivity index (χ1v) is 11.9. The molecule has 2 aliphatic rings. The monoisotopic (exact) mass is 540 g/mol. The van der Waals surface area contributed by atoms with Gasteiger partial charge in [0.05, 0.1) is 25.0 Å². The maximum atomic E-state index is 15.0. The van der Waals surface area contributed by atoms with E-state index in [1.165, 1.54) is 0 Å². The molecule has 0 aromatic heterocycles. The van der Waals surface area contributed by atoms with E-state index in [1.54, 1.807) is 20.8 Å². The molecule has 2 amide bonds. The van der Waals surface area contributed by atoms with E-state index in [2.05, 4.69) is 0 Å². The van der Waals surface area contributed by atoms with Crippen molar-refractivity contribution in [2.45, 2.75) is 52.7 Å². The van der Waals surface area contributed by atoms with Crippen LogP contribution in [0.15, 0.2) is 30.7 Å². The van der Waals surface area contributed by atoms with Gasteiger partial charge >= 0.3 is 12.2 Å². The van der Waals surface area contributed by atoms with Gasteiger partial charge in [-0.1, -0.05) is 13.8 Å². The molecule has 1 saturated heterocycles. The highest BCUT2D eigenvalue weighted by Gasteiger charge is 2.39. The SMILES string of the molecule is CC.CC(C)(C)OC(=O)N(CC1CN(c2cc(F)c(N3C=CC(=O)CC3)c(F)c2F)C(=O)O1)C(=N)/C=C\O. The Balaban J connectivity index is 0.00000247. The van der Waals surface area contributed by atoms with Gasteiger partial charge in [0, 0.05) is 31.3 Å². The molecule has 3 rings (SSSR count). The molecule has 1 atom stereocenters. The minimum absolute atomic E-state index is 0.00644. The van der Waals surface area contributed by atoms with Gasteiger partial charge in [0.1, 0.15) is 23.2 Å². The van der Waals surface area contributed by atoms with Crippen LogP contribution in [0.2, 0.25) is 0 Å². The highest BCUT2D eigenvalue weighted by Crippen LogP contribution is 2.35. The van der Waals surface area contributed by atoms with E-state index in [0.717, 1.165) is 28.2 Å². The predicted molar refractivity (Wildman–Crippen MR) is 134 cm³/mol. The molecule has 0 radical (unpaired) electrons. The molecular weight excluding hydrogens is 509 g/mol. The van der Waals surface area contributed by atoms with E-state index >= 15 is 0 Å². The second kappa shape index (κ2) is 12.5. The Kier molecular flexibility index (Phi) is 9.91. The highest BCUT2D eigenvalue weighted by molar-refractivity contribution is 6.00. The van der Waals surface area contributed by atoms with Crippen LogP contribution in [0.5, 0.6) is 0 Å². The number of carbonyl (C=O) groups is 3. The highest BCUT2D eigenvalue weighted by atomic mass is 19.2. The van der Waals surface area contributed by atoms with Gasteiger partial charge in [-0.15, -0.1) is 0 Å². The lowest BCUT2D eigenvalue weighted by Crippen LogP contribution is -2.44. The van der Waals surface area contributed by atoms with Gasteiger partial charge in [0.15, 0.2) is 23.2 Å². The van der Waals surface area contributed by atoms with Crippen molar-refractivity contribution in [3.05, 3.63) is 48.1 Å². The summed E-state index contributed by atoms with van der Waals surface area (Å²) in [6.45, 7) is 7.92. The Morgan fingerprint density at radius 1 is 1.26 bits per heavy atom. The van der Waals surface area contributed by atoms with Crippen LogP contribution in [0.1, 0.15) is 41.0 Å². The average Bonchev–Trinajstić information content (AvgIpc) is 3.21. The van der Waals surface area contributed by atoms with Crippen LogP contribution in [-0.2, 0) is 14.3 Å². The van der Waals surface area contributed by atoms with E-state index in [-0.39, 0.29) is 18.7 Å². The van der Waals surface area contributed by atoms with Crippen LogP contribution in [-0.4, -0.2) is 65.2 Å². The van der Waals surface area contributed by atoms with Gasteiger partial charge in [0.2, 0.25) is 0 Å². The first-order valence-electron chi connectivity index (χ1n) is 11.9. The molecule has 1 aromatic rings. The fourth-order valence-corrected chi connectivity index (χ4v) is 3.55. The minimum Gasteiger partial charge on any atom is -0.515 e. The number of amides is 2. The van der Waals surface area contributed by atoms with Gasteiger partial charge in [-0.25, -0.2) is 22.8 Å². The number of benzene rings is 1. The zero-order valence-electron chi connectivity index (χ0n) is 21.8. The van der Waals surface area contributed by atoms with Crippen LogP contribution in [0.25, 0.3) is 0 Å². The van der Waals surface area contributed by atoms with Crippen LogP contribution in [0, 0.1) is 22.9 Å². The predicted octanol–water partition coefficient (Wildman–Crippen LogP) is 5.03. The molecule has 1 aromatic carbocycles. The van der Waals surface area contributed by atoms with Crippen LogP contribution >= 0.6 is 0 Å². The third-order valence-electron chi connectivity index (χ3n) is 5.13. The van der Waals surface area contributed by atoms with E-state index in [9.17, 15) is 27.6 Å². The Morgan fingerprint density at radius 2 is 1.92 bits per heavy atom. The summed E-state index contributed by atoms with van der Waals surface area (Å²) < 4.78 is 55.0. The summed E-state index contributed by atoms with van der Waals surface area (Å²) in [7, 11) is 0. The molecule has 38 heavy (non-hydrogen) atoms. The Labute approximate surface area is 218 Å². The third-order valence-corrected chi connectivity index (χ3v) is 5.13. The molecule has 2 heterocycles. The van der Waals surface area contributed by atoms with Crippen molar-refractivity contribution in [3.8, 4) is 0 Å². The number of amidine groups is 1. The summed E-state index contributed by atoms with van der Waals surface area (Å²) in [4.78, 5) is 38.9. The zero-order valence-corrected chi connectivity index (χ0v) is 21.8. The lowest BCUT2D eigenvalue weighted by atomic mass is 10.1. The standard InChI is InChI=1S/C23H25F3N4O6.C2H6/c1-23(2,3)36-22(34)30(17(27)6-9-31)12-14-11-29(21(33)35-14)16-10-15(24)20(19(26)18(16)25)28-7-4-13(32)5-8-28;1-2/h4,6-7,9-10,14,27,31H,5,8,11-12H2,1-3H3;1-2H3/b9-6-,27-17?;. The summed E-state index contributed by atoms with van der Waals surface area (Å²) in [6, 6.07) is 0.643. The van der Waals surface area contributed by atoms with E-state index in [0.29, 0.717) is 17.2 Å². The van der Waals surface area contributed by atoms with Crippen molar-refractivity contribution < 1.29 is 42.1 Å². The number of halogens is 3. The quantitative estimate of drug-likeness (QED) is 0.232. The summed E-state index contributed by atoms with van der Waals surface area (Å²) in [5.41, 5.74) is -2.34. The van der Waals surface area contributed by atoms with Crippen molar-refractivity contribution in [2.24, 2.45) is 0 Å². The topological polar surface area (TPSA) is 123 Å². The van der Waals surface area contributed by atoms with Crippen LogP contribution in [0.3, 0.4) is 0 Å². The molecule has 0 spiro atoms. The number of cyclic esters (lactones) is 1. The Hall–Kier alpha value is -4.03. The number of nitrogens with zero attached hydrogens (tertiary/aromatic N) is 3. The first-order chi connectivity index (χ1) is 17.8. The Bertz CT molecular complexity index is 1150. The fourth-order valence-electron chi connectivity index (χ4n) is 3.55. The van der Waals surface area contributed by atoms with Crippen molar-refractivity contribution >= 4 is 35.2 Å². The molecule has 1 unspecified atom stereocenters. The smallest absolute Gasteiger partial charge is 0.416 e.